The highest BCUT2D eigenvalue weighted by Crippen LogP contribution is 2.16. The van der Waals surface area contributed by atoms with Crippen molar-refractivity contribution in [3.8, 4) is 0 Å². The van der Waals surface area contributed by atoms with Crippen LogP contribution in [0.15, 0.2) is 24.3 Å². The van der Waals surface area contributed by atoms with Crippen LogP contribution in [-0.2, 0) is 28.6 Å². The number of hydrogen-bond donors (Lipinski definition) is 0. The summed E-state index contributed by atoms with van der Waals surface area (Å²) in [6.45, 7) is 4.70. The van der Waals surface area contributed by atoms with E-state index in [-0.39, 0.29) is 42.7 Å². The van der Waals surface area contributed by atoms with Gasteiger partial charge in [-0.05, 0) is 44.9 Å². The zero-order valence-corrected chi connectivity index (χ0v) is 43.0. The molecule has 8 heteroatoms. The first-order chi connectivity index (χ1) is 31.1. The fourth-order valence-corrected chi connectivity index (χ4v) is 8.34. The second-order valence-electron chi connectivity index (χ2n) is 19.8. The largest absolute Gasteiger partial charge is 0.544 e. The minimum atomic E-state index is -1.12. The predicted molar refractivity (Wildman–Crippen MR) is 268 cm³/mol. The molecule has 64 heavy (non-hydrogen) atoms. The lowest BCUT2D eigenvalue weighted by Crippen LogP contribution is -2.55. The molecule has 0 aliphatic carbocycles. The van der Waals surface area contributed by atoms with Gasteiger partial charge in [-0.3, -0.25) is 9.59 Å². The summed E-state index contributed by atoms with van der Waals surface area (Å²) < 4.78 is 17.3. The van der Waals surface area contributed by atoms with Crippen LogP contribution in [0.25, 0.3) is 0 Å². The van der Waals surface area contributed by atoms with Crippen molar-refractivity contribution in [2.75, 3.05) is 41.0 Å². The van der Waals surface area contributed by atoms with Gasteiger partial charge in [0.2, 0.25) is 0 Å². The van der Waals surface area contributed by atoms with E-state index in [1.54, 1.807) is 0 Å². The first-order valence-electron chi connectivity index (χ1n) is 27.4. The van der Waals surface area contributed by atoms with E-state index < -0.39 is 18.1 Å². The summed E-state index contributed by atoms with van der Waals surface area (Å²) in [6.07, 6.45) is 55.0. The van der Waals surface area contributed by atoms with Crippen molar-refractivity contribution in [3.05, 3.63) is 24.3 Å². The predicted octanol–water partition coefficient (Wildman–Crippen LogP) is 14.6. The quantitative estimate of drug-likeness (QED) is 0.0259. The maximum absolute atomic E-state index is 12.8. The molecule has 0 saturated heterocycles. The maximum Gasteiger partial charge on any atom is 0.306 e. The number of aliphatic carboxylic acids is 1. The van der Waals surface area contributed by atoms with Crippen molar-refractivity contribution in [1.82, 2.24) is 0 Å². The molecule has 0 fully saturated rings. The van der Waals surface area contributed by atoms with Gasteiger partial charge < -0.3 is 28.6 Å². The van der Waals surface area contributed by atoms with E-state index in [0.29, 0.717) is 12.8 Å². The van der Waals surface area contributed by atoms with Gasteiger partial charge in [0, 0.05) is 19.3 Å². The number of esters is 2. The van der Waals surface area contributed by atoms with Crippen molar-refractivity contribution in [2.24, 2.45) is 0 Å². The summed E-state index contributed by atoms with van der Waals surface area (Å²) in [5.41, 5.74) is 0. The highest BCUT2D eigenvalue weighted by Gasteiger charge is 2.25. The minimum Gasteiger partial charge on any atom is -0.544 e. The molecular formula is C56H105NO7. The monoisotopic (exact) mass is 904 g/mol. The van der Waals surface area contributed by atoms with Gasteiger partial charge in [0.25, 0.3) is 0 Å². The molecule has 8 nitrogen and oxygen atoms in total. The van der Waals surface area contributed by atoms with E-state index in [2.05, 4.69) is 38.2 Å². The maximum atomic E-state index is 12.8. The van der Waals surface area contributed by atoms with Gasteiger partial charge in [0.05, 0.1) is 40.3 Å². The van der Waals surface area contributed by atoms with E-state index in [4.69, 9.17) is 14.2 Å². The molecule has 0 bridgehead atoms. The third-order valence-electron chi connectivity index (χ3n) is 12.6. The summed E-state index contributed by atoms with van der Waals surface area (Å²) in [7, 11) is 5.42. The van der Waals surface area contributed by atoms with E-state index >= 15 is 0 Å². The highest BCUT2D eigenvalue weighted by atomic mass is 16.6. The molecule has 376 valence electrons. The van der Waals surface area contributed by atoms with Crippen LogP contribution in [0.3, 0.4) is 0 Å². The van der Waals surface area contributed by atoms with E-state index in [0.717, 1.165) is 51.4 Å². The third-order valence-corrected chi connectivity index (χ3v) is 12.6. The first-order valence-corrected chi connectivity index (χ1v) is 27.4. The number of unbranched alkanes of at least 4 members (excludes halogenated alkanes) is 32. The molecule has 0 aliphatic rings. The van der Waals surface area contributed by atoms with Crippen LogP contribution in [0.2, 0.25) is 0 Å². The number of hydrogen-bond acceptors (Lipinski definition) is 7. The molecule has 0 aliphatic heterocycles. The number of allylic oxidation sites excluding steroid dienone is 4. The highest BCUT2D eigenvalue weighted by molar-refractivity contribution is 5.70. The number of ether oxygens (including phenoxy) is 3. The fraction of sp³-hybridized carbons (Fsp3) is 0.875. The van der Waals surface area contributed by atoms with Crippen LogP contribution in [0.5, 0.6) is 0 Å². The van der Waals surface area contributed by atoms with Gasteiger partial charge in [-0.15, -0.1) is 0 Å². The Bertz CT molecular complexity index is 1100. The van der Waals surface area contributed by atoms with E-state index in [1.165, 1.54) is 180 Å². The number of rotatable bonds is 50. The van der Waals surface area contributed by atoms with E-state index in [1.807, 2.05) is 21.1 Å². The van der Waals surface area contributed by atoms with Crippen molar-refractivity contribution in [3.63, 3.8) is 0 Å². The standard InChI is InChI=1S/C56H105NO7/c1-6-8-10-12-14-16-18-20-22-24-25-26-27-28-29-31-33-35-37-39-41-43-45-47-55(59)64-52(50-62-49-48-53(56(60)61)57(3,4)5)51-63-54(58)46-44-42-40-38-36-34-32-30-23-21-19-17-15-13-11-9-7-2/h25-26,28-29,52-53H,6-24,27,30-51H2,1-5H3/b26-25+,29-28+. The molecule has 0 aromatic carbocycles. The number of carboxylic acid groups (broad SMARTS) is 1. The van der Waals surface area contributed by atoms with Crippen molar-refractivity contribution >= 4 is 17.9 Å². The number of carboxylic acids is 1. The SMILES string of the molecule is CCCCCCCCCCC/C=C/C/C=C/CCCCCCCCCC(=O)OC(COCCC(C(=O)[O-])[N+](C)(C)C)COC(=O)CCCCCCCCCCCCCCCCCCC. The summed E-state index contributed by atoms with van der Waals surface area (Å²) in [4.78, 5) is 37.1. The smallest absolute Gasteiger partial charge is 0.306 e. The number of nitrogens with zero attached hydrogens (tertiary/aromatic N) is 1. The molecule has 2 atom stereocenters. The molecule has 0 heterocycles. The molecule has 0 aromatic heterocycles. The van der Waals surface area contributed by atoms with Gasteiger partial charge in [0.15, 0.2) is 6.10 Å². The number of quaternary nitrogens is 1. The van der Waals surface area contributed by atoms with Crippen LogP contribution in [0.4, 0.5) is 0 Å². The Hall–Kier alpha value is -2.19. The lowest BCUT2D eigenvalue weighted by atomic mass is 10.0. The third kappa shape index (κ3) is 45.0. The van der Waals surface area contributed by atoms with Crippen LogP contribution < -0.4 is 5.11 Å². The van der Waals surface area contributed by atoms with Crippen molar-refractivity contribution in [2.45, 2.75) is 276 Å². The number of carbonyl (C=O) groups is 3. The van der Waals surface area contributed by atoms with Gasteiger partial charge in [-0.25, -0.2) is 0 Å². The molecule has 2 unspecified atom stereocenters. The zero-order chi connectivity index (χ0) is 47.0. The molecule has 0 saturated carbocycles. The van der Waals surface area contributed by atoms with Crippen molar-refractivity contribution < 1.29 is 38.2 Å². The number of carbonyl (C=O) groups excluding carboxylic acids is 3. The van der Waals surface area contributed by atoms with E-state index in [9.17, 15) is 19.5 Å². The Morgan fingerprint density at radius 3 is 1.20 bits per heavy atom. The zero-order valence-electron chi connectivity index (χ0n) is 43.0. The van der Waals surface area contributed by atoms with Crippen LogP contribution in [-0.4, -0.2) is 75.5 Å². The Labute approximate surface area is 396 Å². The molecule has 0 spiro atoms. The molecule has 0 radical (unpaired) electrons. The number of likely N-dealkylation sites (N-methyl/N-ethyl adjacent to an activating group) is 1. The lowest BCUT2D eigenvalue weighted by molar-refractivity contribution is -0.889. The summed E-state index contributed by atoms with van der Waals surface area (Å²) in [5.74, 6) is -1.73. The van der Waals surface area contributed by atoms with Crippen LogP contribution in [0, 0.1) is 0 Å². The van der Waals surface area contributed by atoms with Crippen LogP contribution in [0.1, 0.15) is 264 Å². The topological polar surface area (TPSA) is 102 Å². The first kappa shape index (κ1) is 61.8. The summed E-state index contributed by atoms with van der Waals surface area (Å²) >= 11 is 0. The average molecular weight is 904 g/mol. The Morgan fingerprint density at radius 1 is 0.469 bits per heavy atom. The van der Waals surface area contributed by atoms with Crippen molar-refractivity contribution in [1.29, 1.82) is 0 Å². The van der Waals surface area contributed by atoms with Gasteiger partial charge in [-0.2, -0.15) is 0 Å². The summed E-state index contributed by atoms with van der Waals surface area (Å²) in [6, 6.07) is -0.725. The Morgan fingerprint density at radius 2 is 0.828 bits per heavy atom. The second-order valence-corrected chi connectivity index (χ2v) is 19.8. The molecule has 0 rings (SSSR count). The normalized spacial score (nSPS) is 13.0. The Kier molecular flexibility index (Phi) is 45.7. The molecular weight excluding hydrogens is 799 g/mol. The van der Waals surface area contributed by atoms with Crippen LogP contribution >= 0.6 is 0 Å². The van der Waals surface area contributed by atoms with Gasteiger partial charge in [0.1, 0.15) is 12.6 Å². The summed E-state index contributed by atoms with van der Waals surface area (Å²) in [5, 5.41) is 11.7. The van der Waals surface area contributed by atoms with Gasteiger partial charge in [-0.1, -0.05) is 224 Å². The molecule has 0 aromatic rings. The second kappa shape index (κ2) is 47.3. The lowest BCUT2D eigenvalue weighted by Gasteiger charge is -2.34. The molecule has 0 amide bonds. The fourth-order valence-electron chi connectivity index (χ4n) is 8.34. The van der Waals surface area contributed by atoms with Gasteiger partial charge >= 0.3 is 11.9 Å². The Balaban J connectivity index is 4.20. The molecule has 0 N–H and O–H groups in total. The average Bonchev–Trinajstić information content (AvgIpc) is 3.26. The minimum absolute atomic E-state index is 0.0420.